The van der Waals surface area contributed by atoms with Crippen molar-refractivity contribution in [3.63, 3.8) is 0 Å². The molecule has 0 saturated heterocycles. The third-order valence-electron chi connectivity index (χ3n) is 4.84. The van der Waals surface area contributed by atoms with E-state index in [-0.39, 0.29) is 0 Å². The van der Waals surface area contributed by atoms with Gasteiger partial charge in [0.05, 0.1) is 37.8 Å². The molecule has 0 atom stereocenters. The minimum absolute atomic E-state index is 0.874. The minimum atomic E-state index is 0.874. The summed E-state index contributed by atoms with van der Waals surface area (Å²) in [6, 6.07) is 6.39. The van der Waals surface area contributed by atoms with Crippen LogP contribution in [-0.2, 0) is 13.1 Å². The molecule has 0 aromatic carbocycles. The summed E-state index contributed by atoms with van der Waals surface area (Å²) in [5.41, 5.74) is 2.28. The fraction of sp³-hybridized carbons (Fsp3) is 0.500. The van der Waals surface area contributed by atoms with Crippen LogP contribution in [0.1, 0.15) is 11.4 Å². The summed E-state index contributed by atoms with van der Waals surface area (Å²) in [6.45, 7) is 7.98. The highest BCUT2D eigenvalue weighted by atomic mass is 15.4. The maximum absolute atomic E-state index is 4.85. The van der Waals surface area contributed by atoms with Crippen LogP contribution in [0.5, 0.6) is 0 Å². The molecule has 0 amide bonds. The molecule has 3 aliphatic rings. The lowest BCUT2D eigenvalue weighted by atomic mass is 10.3. The molecule has 0 unspecified atom stereocenters. The molecule has 6 bridgehead atoms. The predicted octanol–water partition coefficient (Wildman–Crippen LogP) is 1.12. The van der Waals surface area contributed by atoms with Gasteiger partial charge in [0.15, 0.2) is 0 Å². The summed E-state index contributed by atoms with van der Waals surface area (Å²) >= 11 is 0. The highest BCUT2D eigenvalue weighted by Gasteiger charge is 2.17. The predicted molar refractivity (Wildman–Crippen MR) is 94.2 cm³/mol. The van der Waals surface area contributed by atoms with Crippen molar-refractivity contribution in [3.8, 4) is 0 Å². The second-order valence-corrected chi connectivity index (χ2v) is 6.92. The van der Waals surface area contributed by atoms with E-state index in [9.17, 15) is 0 Å². The number of nitrogens with zero attached hydrogens (tertiary/aromatic N) is 6. The van der Waals surface area contributed by atoms with E-state index in [2.05, 4.69) is 74.5 Å². The average Bonchev–Trinajstić information content (AvgIpc) is 3.20. The number of fused-ring (bicyclic) bond motifs is 6. The van der Waals surface area contributed by atoms with Gasteiger partial charge in [-0.05, 0) is 19.2 Å². The van der Waals surface area contributed by atoms with Gasteiger partial charge >= 0.3 is 0 Å². The maximum Gasteiger partial charge on any atom is 0.0898 e. The van der Waals surface area contributed by atoms with Crippen LogP contribution in [0.2, 0.25) is 0 Å². The van der Waals surface area contributed by atoms with Gasteiger partial charge in [-0.3, -0.25) is 4.98 Å². The lowest BCUT2D eigenvalue weighted by molar-refractivity contribution is 0.201. The number of aromatic nitrogens is 1. The van der Waals surface area contributed by atoms with Gasteiger partial charge in [0.1, 0.15) is 0 Å². The van der Waals surface area contributed by atoms with Gasteiger partial charge in [-0.25, -0.2) is 0 Å². The Morgan fingerprint density at radius 2 is 1.21 bits per heavy atom. The first-order valence-corrected chi connectivity index (χ1v) is 8.71. The molecule has 4 rings (SSSR count). The zero-order valence-electron chi connectivity index (χ0n) is 14.4. The quantitative estimate of drug-likeness (QED) is 0.710. The van der Waals surface area contributed by atoms with E-state index >= 15 is 0 Å². The molecule has 6 nitrogen and oxygen atoms in total. The summed E-state index contributed by atoms with van der Waals surface area (Å²) in [5, 5.41) is 0. The van der Waals surface area contributed by atoms with E-state index in [0.29, 0.717) is 0 Å². The minimum Gasteiger partial charge on any atom is -0.357 e. The van der Waals surface area contributed by atoms with Gasteiger partial charge in [-0.2, -0.15) is 0 Å². The summed E-state index contributed by atoms with van der Waals surface area (Å²) in [4.78, 5) is 16.7. The first kappa shape index (κ1) is 15.3. The molecule has 1 aromatic heterocycles. The van der Waals surface area contributed by atoms with Crippen LogP contribution in [0.25, 0.3) is 0 Å². The third kappa shape index (κ3) is 3.64. The second kappa shape index (κ2) is 6.73. The second-order valence-electron chi connectivity index (χ2n) is 6.92. The van der Waals surface area contributed by atoms with Gasteiger partial charge in [0.2, 0.25) is 0 Å². The Morgan fingerprint density at radius 1 is 0.708 bits per heavy atom. The molecule has 3 aliphatic heterocycles. The summed E-state index contributed by atoms with van der Waals surface area (Å²) < 4.78 is 0. The highest BCUT2D eigenvalue weighted by molar-refractivity contribution is 5.13. The summed E-state index contributed by atoms with van der Waals surface area (Å²) in [6.07, 6.45) is 8.78. The van der Waals surface area contributed by atoms with Crippen molar-refractivity contribution in [1.82, 2.24) is 29.5 Å². The number of rotatable bonds is 0. The molecule has 4 heterocycles. The fourth-order valence-electron chi connectivity index (χ4n) is 3.36. The largest absolute Gasteiger partial charge is 0.357 e. The summed E-state index contributed by atoms with van der Waals surface area (Å²) in [5.74, 6) is 0. The molecule has 0 radical (unpaired) electrons. The first-order valence-electron chi connectivity index (χ1n) is 8.71. The van der Waals surface area contributed by atoms with Crippen molar-refractivity contribution in [3.05, 3.63) is 54.4 Å². The normalized spacial score (nSPS) is 21.9. The topological polar surface area (TPSA) is 29.1 Å². The molecule has 1 aromatic rings. The molecule has 0 aliphatic carbocycles. The molecule has 128 valence electrons. The average molecular weight is 326 g/mol. The van der Waals surface area contributed by atoms with Crippen molar-refractivity contribution in [2.45, 2.75) is 13.1 Å². The van der Waals surface area contributed by atoms with Crippen LogP contribution in [-0.4, -0.2) is 76.0 Å². The van der Waals surface area contributed by atoms with Crippen molar-refractivity contribution in [2.75, 3.05) is 46.6 Å². The van der Waals surface area contributed by atoms with Crippen LogP contribution in [0.3, 0.4) is 0 Å². The van der Waals surface area contributed by atoms with Gasteiger partial charge in [0, 0.05) is 51.0 Å². The summed E-state index contributed by atoms with van der Waals surface area (Å²) in [7, 11) is 2.22. The Labute approximate surface area is 144 Å². The van der Waals surface area contributed by atoms with Gasteiger partial charge in [-0.1, -0.05) is 6.07 Å². The molecular formula is C18H26N6. The zero-order valence-corrected chi connectivity index (χ0v) is 14.4. The lowest BCUT2D eigenvalue weighted by Gasteiger charge is -2.27. The smallest absolute Gasteiger partial charge is 0.0898 e. The van der Waals surface area contributed by atoms with E-state index in [4.69, 9.17) is 4.98 Å². The van der Waals surface area contributed by atoms with Gasteiger partial charge in [0.25, 0.3) is 0 Å². The van der Waals surface area contributed by atoms with E-state index in [1.807, 2.05) is 0 Å². The van der Waals surface area contributed by atoms with E-state index in [1.54, 1.807) is 0 Å². The Kier molecular flexibility index (Phi) is 4.30. The Balaban J connectivity index is 1.50. The fourth-order valence-corrected chi connectivity index (χ4v) is 3.36. The SMILES string of the molecule is CN1CCN2C=CN(Cc3cccc(n3)CN3C=CN(CC1)C3)C2. The highest BCUT2D eigenvalue weighted by Crippen LogP contribution is 2.14. The van der Waals surface area contributed by atoms with Crippen LogP contribution < -0.4 is 0 Å². The Bertz CT molecular complexity index is 578. The molecule has 24 heavy (non-hydrogen) atoms. The zero-order chi connectivity index (χ0) is 16.4. The first-order chi connectivity index (χ1) is 11.7. The van der Waals surface area contributed by atoms with Crippen LogP contribution >= 0.6 is 0 Å². The molecule has 0 spiro atoms. The van der Waals surface area contributed by atoms with E-state index in [0.717, 1.165) is 64.0 Å². The van der Waals surface area contributed by atoms with Crippen molar-refractivity contribution >= 4 is 0 Å². The van der Waals surface area contributed by atoms with E-state index < -0.39 is 0 Å². The van der Waals surface area contributed by atoms with E-state index in [1.165, 1.54) is 0 Å². The molecule has 0 fully saturated rings. The Morgan fingerprint density at radius 3 is 1.75 bits per heavy atom. The standard InChI is InChI=1S/C18H26N6/c1-20-5-7-21-9-11-23(15-21)13-17-3-2-4-18(19-17)14-24-12-10-22(16-24)8-6-20/h2-4,9-12H,5-8,13-16H2,1H3. The lowest BCUT2D eigenvalue weighted by Crippen LogP contribution is -2.37. The number of pyridine rings is 1. The molecule has 0 N–H and O–H groups in total. The monoisotopic (exact) mass is 326 g/mol. The maximum atomic E-state index is 4.85. The van der Waals surface area contributed by atoms with Crippen molar-refractivity contribution < 1.29 is 0 Å². The van der Waals surface area contributed by atoms with Gasteiger partial charge in [-0.15, -0.1) is 0 Å². The number of hydrogen-bond donors (Lipinski definition) is 0. The van der Waals surface area contributed by atoms with Crippen LogP contribution in [0, 0.1) is 0 Å². The van der Waals surface area contributed by atoms with Crippen LogP contribution in [0.4, 0.5) is 0 Å². The van der Waals surface area contributed by atoms with Crippen molar-refractivity contribution in [2.24, 2.45) is 0 Å². The number of hydrogen-bond acceptors (Lipinski definition) is 6. The van der Waals surface area contributed by atoms with Gasteiger partial charge < -0.3 is 24.5 Å². The van der Waals surface area contributed by atoms with Crippen LogP contribution in [0.15, 0.2) is 43.0 Å². The van der Waals surface area contributed by atoms with Crippen molar-refractivity contribution in [1.29, 1.82) is 0 Å². The number of likely N-dealkylation sites (N-methyl/N-ethyl adjacent to an activating group) is 1. The Hall–Kier alpha value is -2.21. The molecule has 6 heteroatoms. The molecular weight excluding hydrogens is 300 g/mol. The molecule has 0 saturated carbocycles. The third-order valence-corrected chi connectivity index (χ3v) is 4.84.